The van der Waals surface area contributed by atoms with Gasteiger partial charge >= 0.3 is 6.09 Å². The van der Waals surface area contributed by atoms with Crippen LogP contribution in [0.15, 0.2) is 24.3 Å². The Morgan fingerprint density at radius 3 is 2.72 bits per heavy atom. The lowest BCUT2D eigenvalue weighted by Gasteiger charge is -2.38. The molecule has 1 aromatic rings. The van der Waals surface area contributed by atoms with Gasteiger partial charge in [0.1, 0.15) is 11.4 Å². The highest BCUT2D eigenvalue weighted by Crippen LogP contribution is 2.33. The lowest BCUT2D eigenvalue weighted by Crippen LogP contribution is -2.51. The molecule has 0 N–H and O–H groups in total. The summed E-state index contributed by atoms with van der Waals surface area (Å²) in [6.07, 6.45) is 0.473. The van der Waals surface area contributed by atoms with Crippen LogP contribution in [0.1, 0.15) is 26.7 Å². The number of ether oxygens (including phenoxy) is 2. The molecule has 0 unspecified atom stereocenters. The zero-order chi connectivity index (χ0) is 18.0. The molecule has 3 rings (SSSR count). The molecule has 0 bridgehead atoms. The van der Waals surface area contributed by atoms with Crippen LogP contribution >= 0.6 is 11.6 Å². The van der Waals surface area contributed by atoms with Crippen molar-refractivity contribution >= 4 is 23.6 Å². The van der Waals surface area contributed by atoms with Gasteiger partial charge in [-0.2, -0.15) is 0 Å². The van der Waals surface area contributed by atoms with Gasteiger partial charge in [-0.1, -0.05) is 17.7 Å². The number of nitrogens with zero attached hydrogens (tertiary/aromatic N) is 2. The number of likely N-dealkylation sites (tertiary alicyclic amines) is 1. The molecular weight excluding hydrogens is 344 g/mol. The van der Waals surface area contributed by atoms with Crippen molar-refractivity contribution in [3.05, 3.63) is 29.3 Å². The van der Waals surface area contributed by atoms with Crippen molar-refractivity contribution in [2.45, 2.75) is 38.4 Å². The van der Waals surface area contributed by atoms with Gasteiger partial charge in [0.25, 0.3) is 5.91 Å². The summed E-state index contributed by atoms with van der Waals surface area (Å²) in [7, 11) is 0. The molecule has 2 amide bonds. The monoisotopic (exact) mass is 366 g/mol. The minimum absolute atomic E-state index is 0.0634. The summed E-state index contributed by atoms with van der Waals surface area (Å²) in [6, 6.07) is 7.01. The molecule has 0 aliphatic carbocycles. The van der Waals surface area contributed by atoms with Crippen molar-refractivity contribution in [3.63, 3.8) is 0 Å². The third-order valence-corrected chi connectivity index (χ3v) is 5.10. The SMILES string of the molecule is CCN1CC2(CCN(C(=O)[C@H](C)Oc3cccc(Cl)c3)CC2)OC1=O. The van der Waals surface area contributed by atoms with Gasteiger partial charge in [-0.25, -0.2) is 4.79 Å². The fourth-order valence-corrected chi connectivity index (χ4v) is 3.56. The molecule has 136 valence electrons. The van der Waals surface area contributed by atoms with E-state index < -0.39 is 11.7 Å². The topological polar surface area (TPSA) is 59.1 Å². The van der Waals surface area contributed by atoms with Crippen LogP contribution in [-0.2, 0) is 9.53 Å². The molecule has 6 nitrogen and oxygen atoms in total. The molecule has 1 spiro atoms. The van der Waals surface area contributed by atoms with E-state index in [4.69, 9.17) is 21.1 Å². The number of rotatable bonds is 4. The Balaban J connectivity index is 1.55. The minimum atomic E-state index is -0.592. The Bertz CT molecular complexity index is 658. The van der Waals surface area contributed by atoms with Crippen LogP contribution in [0.25, 0.3) is 0 Å². The zero-order valence-electron chi connectivity index (χ0n) is 14.5. The van der Waals surface area contributed by atoms with Gasteiger partial charge in [0.05, 0.1) is 6.54 Å². The quantitative estimate of drug-likeness (QED) is 0.822. The first-order chi connectivity index (χ1) is 11.9. The molecule has 0 radical (unpaired) electrons. The number of likely N-dealkylation sites (N-methyl/N-ethyl adjacent to an activating group) is 1. The average molecular weight is 367 g/mol. The van der Waals surface area contributed by atoms with Gasteiger partial charge in [0.15, 0.2) is 6.10 Å². The zero-order valence-corrected chi connectivity index (χ0v) is 15.3. The normalized spacial score (nSPS) is 20.5. The van der Waals surface area contributed by atoms with Crippen LogP contribution in [-0.4, -0.2) is 59.7 Å². The van der Waals surface area contributed by atoms with Crippen LogP contribution in [0.4, 0.5) is 4.79 Å². The molecule has 2 heterocycles. The lowest BCUT2D eigenvalue weighted by atomic mass is 9.91. The van der Waals surface area contributed by atoms with Crippen molar-refractivity contribution in [2.24, 2.45) is 0 Å². The summed E-state index contributed by atoms with van der Waals surface area (Å²) in [4.78, 5) is 27.9. The molecule has 2 aliphatic rings. The number of hydrogen-bond acceptors (Lipinski definition) is 4. The number of carbonyl (C=O) groups excluding carboxylic acids is 2. The molecule has 0 saturated carbocycles. The van der Waals surface area contributed by atoms with E-state index in [1.165, 1.54) is 0 Å². The number of hydrogen-bond donors (Lipinski definition) is 0. The second-order valence-electron chi connectivity index (χ2n) is 6.61. The van der Waals surface area contributed by atoms with Crippen molar-refractivity contribution in [2.75, 3.05) is 26.2 Å². The summed E-state index contributed by atoms with van der Waals surface area (Å²) in [5.41, 5.74) is -0.444. The molecule has 1 aromatic carbocycles. The third kappa shape index (κ3) is 3.84. The van der Waals surface area contributed by atoms with Crippen molar-refractivity contribution < 1.29 is 19.1 Å². The van der Waals surface area contributed by atoms with Crippen molar-refractivity contribution in [1.29, 1.82) is 0 Å². The van der Waals surface area contributed by atoms with Gasteiger partial charge in [-0.05, 0) is 32.0 Å². The molecule has 0 aromatic heterocycles. The van der Waals surface area contributed by atoms with Gasteiger partial charge in [0.2, 0.25) is 0 Å². The van der Waals surface area contributed by atoms with Gasteiger partial charge in [-0.3, -0.25) is 4.79 Å². The lowest BCUT2D eigenvalue weighted by molar-refractivity contribution is -0.141. The largest absolute Gasteiger partial charge is 0.481 e. The highest BCUT2D eigenvalue weighted by atomic mass is 35.5. The maximum absolute atomic E-state index is 12.6. The maximum atomic E-state index is 12.6. The molecule has 7 heteroatoms. The molecule has 2 saturated heterocycles. The number of carbonyl (C=O) groups is 2. The summed E-state index contributed by atoms with van der Waals surface area (Å²) >= 11 is 5.94. The van der Waals surface area contributed by atoms with Crippen LogP contribution in [0.3, 0.4) is 0 Å². The van der Waals surface area contributed by atoms with Crippen LogP contribution in [0.2, 0.25) is 5.02 Å². The summed E-state index contributed by atoms with van der Waals surface area (Å²) in [5.74, 6) is 0.511. The number of amides is 2. The Hall–Kier alpha value is -1.95. The Kier molecular flexibility index (Phi) is 5.08. The Morgan fingerprint density at radius 1 is 1.40 bits per heavy atom. The first-order valence-corrected chi connectivity index (χ1v) is 8.99. The summed E-state index contributed by atoms with van der Waals surface area (Å²) in [5, 5.41) is 0.570. The van der Waals surface area contributed by atoms with Crippen molar-refractivity contribution in [3.8, 4) is 5.75 Å². The van der Waals surface area contributed by atoms with E-state index in [1.54, 1.807) is 41.0 Å². The van der Waals surface area contributed by atoms with Crippen LogP contribution < -0.4 is 4.74 Å². The van der Waals surface area contributed by atoms with E-state index in [1.807, 2.05) is 6.92 Å². The molecule has 1 atom stereocenters. The molecule has 2 aliphatic heterocycles. The number of piperidine rings is 1. The first kappa shape index (κ1) is 17.9. The van der Waals surface area contributed by atoms with Crippen LogP contribution in [0.5, 0.6) is 5.75 Å². The summed E-state index contributed by atoms with van der Waals surface area (Å²) in [6.45, 7) is 6.06. The minimum Gasteiger partial charge on any atom is -0.481 e. The number of halogens is 1. The Labute approximate surface area is 152 Å². The van der Waals surface area contributed by atoms with E-state index >= 15 is 0 Å². The smallest absolute Gasteiger partial charge is 0.410 e. The molecular formula is C18H23ClN2O4. The third-order valence-electron chi connectivity index (χ3n) is 4.87. The highest BCUT2D eigenvalue weighted by molar-refractivity contribution is 6.30. The first-order valence-electron chi connectivity index (χ1n) is 8.61. The second kappa shape index (κ2) is 7.12. The van der Waals surface area contributed by atoms with Crippen LogP contribution in [0, 0.1) is 0 Å². The van der Waals surface area contributed by atoms with Gasteiger partial charge in [0, 0.05) is 37.5 Å². The van der Waals surface area contributed by atoms with E-state index in [9.17, 15) is 9.59 Å². The van der Waals surface area contributed by atoms with E-state index in [0.717, 1.165) is 0 Å². The molecule has 25 heavy (non-hydrogen) atoms. The van der Waals surface area contributed by atoms with E-state index in [0.29, 0.717) is 49.8 Å². The summed E-state index contributed by atoms with van der Waals surface area (Å²) < 4.78 is 11.3. The second-order valence-corrected chi connectivity index (χ2v) is 7.04. The predicted molar refractivity (Wildman–Crippen MR) is 93.8 cm³/mol. The Morgan fingerprint density at radius 2 is 2.12 bits per heavy atom. The highest BCUT2D eigenvalue weighted by Gasteiger charge is 2.47. The maximum Gasteiger partial charge on any atom is 0.410 e. The number of benzene rings is 1. The van der Waals surface area contributed by atoms with Crippen molar-refractivity contribution in [1.82, 2.24) is 9.80 Å². The van der Waals surface area contributed by atoms with Gasteiger partial charge in [-0.15, -0.1) is 0 Å². The average Bonchev–Trinajstić information content (AvgIpc) is 2.90. The van der Waals surface area contributed by atoms with E-state index in [-0.39, 0.29) is 12.0 Å². The van der Waals surface area contributed by atoms with E-state index in [2.05, 4.69) is 0 Å². The predicted octanol–water partition coefficient (Wildman–Crippen LogP) is 2.94. The van der Waals surface area contributed by atoms with Gasteiger partial charge < -0.3 is 19.3 Å². The molecule has 2 fully saturated rings. The fraction of sp³-hybridized carbons (Fsp3) is 0.556. The standard InChI is InChI=1S/C18H23ClN2O4/c1-3-20-12-18(25-17(20)23)7-9-21(10-8-18)16(22)13(2)24-15-6-4-5-14(19)11-15/h4-6,11,13H,3,7-10,12H2,1-2H3/t13-/m0/s1. The fourth-order valence-electron chi connectivity index (χ4n) is 3.38.